The molecular formula is C23H22Cl2N8S2. The van der Waals surface area contributed by atoms with Crippen LogP contribution in [0, 0.1) is 13.8 Å². The molecule has 0 atom stereocenters. The van der Waals surface area contributed by atoms with Gasteiger partial charge in [-0.25, -0.2) is 9.36 Å². The van der Waals surface area contributed by atoms with Crippen LogP contribution in [0.3, 0.4) is 0 Å². The molecule has 0 fully saturated rings. The number of halogens is 2. The van der Waals surface area contributed by atoms with E-state index >= 15 is 0 Å². The number of aryl methyl sites for hydroxylation is 2. The summed E-state index contributed by atoms with van der Waals surface area (Å²) in [6.45, 7) is 4.30. The monoisotopic (exact) mass is 544 g/mol. The molecule has 0 spiro atoms. The summed E-state index contributed by atoms with van der Waals surface area (Å²) in [5, 5.41) is 23.4. The summed E-state index contributed by atoms with van der Waals surface area (Å²) < 4.78 is 3.46. The van der Waals surface area contributed by atoms with Crippen LogP contribution >= 0.6 is 47.6 Å². The Morgan fingerprint density at radius 2 is 1.11 bits per heavy atom. The molecular weight excluding hydrogens is 523 g/mol. The Morgan fingerprint density at radius 1 is 0.714 bits per heavy atom. The third kappa shape index (κ3) is 6.92. The van der Waals surface area contributed by atoms with Crippen molar-refractivity contribution in [2.75, 3.05) is 21.3 Å². The van der Waals surface area contributed by atoms with Crippen molar-refractivity contribution < 1.29 is 0 Å². The van der Waals surface area contributed by atoms with Gasteiger partial charge < -0.3 is 21.3 Å². The minimum absolute atomic E-state index is 0.408. The zero-order valence-electron chi connectivity index (χ0n) is 18.8. The quantitative estimate of drug-likeness (QED) is 0.216. The first-order valence-electron chi connectivity index (χ1n) is 10.5. The summed E-state index contributed by atoms with van der Waals surface area (Å²) in [6.07, 6.45) is 7.03. The Hall–Kier alpha value is -3.18. The number of anilines is 4. The molecule has 12 heteroatoms. The maximum atomic E-state index is 6.17. The van der Waals surface area contributed by atoms with Crippen molar-refractivity contribution in [3.63, 3.8) is 0 Å². The number of nitrogens with one attached hydrogen (secondary N) is 4. The number of thiocarbonyl (C=S) groups is 2. The van der Waals surface area contributed by atoms with Crippen LogP contribution in [0.2, 0.25) is 10.0 Å². The molecule has 2 aromatic carbocycles. The number of hydrogen-bond acceptors (Lipinski definition) is 4. The van der Waals surface area contributed by atoms with Crippen molar-refractivity contribution in [3.8, 4) is 0 Å². The van der Waals surface area contributed by atoms with Crippen molar-refractivity contribution in [1.29, 1.82) is 0 Å². The van der Waals surface area contributed by atoms with Crippen LogP contribution in [0.25, 0.3) is 0 Å². The molecule has 0 saturated carbocycles. The molecule has 0 aliphatic heterocycles. The van der Waals surface area contributed by atoms with Gasteiger partial charge in [0.15, 0.2) is 10.2 Å². The van der Waals surface area contributed by atoms with E-state index < -0.39 is 0 Å². The first kappa shape index (κ1) is 24.9. The summed E-state index contributed by atoms with van der Waals surface area (Å²) >= 11 is 23.1. The maximum Gasteiger partial charge on any atom is 0.175 e. The average molecular weight is 546 g/mol. The lowest BCUT2D eigenvalue weighted by Crippen LogP contribution is -2.19. The van der Waals surface area contributed by atoms with E-state index in [1.54, 1.807) is 21.8 Å². The van der Waals surface area contributed by atoms with Gasteiger partial charge in [-0.1, -0.05) is 35.3 Å². The summed E-state index contributed by atoms with van der Waals surface area (Å²) in [5.41, 5.74) is 5.11. The first-order valence-corrected chi connectivity index (χ1v) is 12.1. The molecule has 180 valence electrons. The van der Waals surface area contributed by atoms with E-state index in [1.165, 1.54) is 0 Å². The predicted octanol–water partition coefficient (Wildman–Crippen LogP) is 6.13. The van der Waals surface area contributed by atoms with Gasteiger partial charge in [-0.2, -0.15) is 10.2 Å². The van der Waals surface area contributed by atoms with Crippen molar-refractivity contribution in [1.82, 2.24) is 19.6 Å². The smallest absolute Gasteiger partial charge is 0.175 e. The van der Waals surface area contributed by atoms with Crippen LogP contribution < -0.4 is 21.3 Å². The van der Waals surface area contributed by atoms with Gasteiger partial charge >= 0.3 is 0 Å². The van der Waals surface area contributed by atoms with Crippen LogP contribution in [-0.4, -0.2) is 29.8 Å². The average Bonchev–Trinajstić information content (AvgIpc) is 3.42. The molecule has 2 heterocycles. The number of hydrogen-bond donors (Lipinski definition) is 4. The largest absolute Gasteiger partial charge is 0.332 e. The van der Waals surface area contributed by atoms with E-state index in [-0.39, 0.29) is 0 Å². The molecule has 2 aromatic heterocycles. The molecule has 0 saturated heterocycles. The van der Waals surface area contributed by atoms with Gasteiger partial charge in [0, 0.05) is 21.4 Å². The second-order valence-electron chi connectivity index (χ2n) is 7.76. The van der Waals surface area contributed by atoms with Gasteiger partial charge in [0.2, 0.25) is 0 Å². The number of benzene rings is 2. The van der Waals surface area contributed by atoms with Crippen molar-refractivity contribution in [2.45, 2.75) is 20.5 Å². The molecule has 0 amide bonds. The Kier molecular flexibility index (Phi) is 7.86. The van der Waals surface area contributed by atoms with Gasteiger partial charge in [-0.15, -0.1) is 0 Å². The lowest BCUT2D eigenvalue weighted by Gasteiger charge is -2.10. The SMILES string of the molecule is Cc1ccc(NC(=S)Nc2cnn(Cn3cc(NC(=S)Nc4ccc(C)c(Cl)c4)cn3)c2)cc1Cl. The maximum absolute atomic E-state index is 6.17. The van der Waals surface area contributed by atoms with Crippen molar-refractivity contribution in [2.24, 2.45) is 0 Å². The molecule has 8 nitrogen and oxygen atoms in total. The highest BCUT2D eigenvalue weighted by atomic mass is 35.5. The Bertz CT molecular complexity index is 1280. The molecule has 0 aliphatic rings. The van der Waals surface area contributed by atoms with Crippen LogP contribution in [0.4, 0.5) is 22.7 Å². The lowest BCUT2D eigenvalue weighted by molar-refractivity contribution is 0.503. The van der Waals surface area contributed by atoms with Crippen LogP contribution in [0.1, 0.15) is 11.1 Å². The van der Waals surface area contributed by atoms with Crippen molar-refractivity contribution >= 4 is 80.6 Å². The second kappa shape index (κ2) is 11.0. The third-order valence-electron chi connectivity index (χ3n) is 4.93. The second-order valence-corrected chi connectivity index (χ2v) is 9.40. The highest BCUT2D eigenvalue weighted by Crippen LogP contribution is 2.21. The molecule has 4 aromatic rings. The zero-order valence-corrected chi connectivity index (χ0v) is 22.0. The Morgan fingerprint density at radius 3 is 1.51 bits per heavy atom. The van der Waals surface area contributed by atoms with Gasteiger partial charge in [-0.05, 0) is 73.7 Å². The number of nitrogens with zero attached hydrogens (tertiary/aromatic N) is 4. The van der Waals surface area contributed by atoms with E-state index in [2.05, 4.69) is 31.5 Å². The van der Waals surface area contributed by atoms with E-state index in [9.17, 15) is 0 Å². The summed E-state index contributed by atoms with van der Waals surface area (Å²) in [6, 6.07) is 11.3. The standard InChI is InChI=1S/C23H22Cl2N8S2/c1-14-3-5-16(7-20(14)24)28-22(34)30-18-9-26-32(11-18)13-33-12-19(10-27-33)31-23(35)29-17-6-4-15(2)21(25)8-17/h3-12H,13H2,1-2H3,(H2,28,30,34)(H2,29,31,35). The summed E-state index contributed by atoms with van der Waals surface area (Å²) in [4.78, 5) is 0. The van der Waals surface area contributed by atoms with Gasteiger partial charge in [-0.3, -0.25) is 0 Å². The highest BCUT2D eigenvalue weighted by molar-refractivity contribution is 7.81. The molecule has 4 N–H and O–H groups in total. The fraction of sp³-hybridized carbons (Fsp3) is 0.130. The van der Waals surface area contributed by atoms with E-state index in [1.807, 2.05) is 62.6 Å². The number of rotatable bonds is 6. The molecule has 4 rings (SSSR count). The van der Waals surface area contributed by atoms with E-state index in [4.69, 9.17) is 47.6 Å². The third-order valence-corrected chi connectivity index (χ3v) is 6.15. The van der Waals surface area contributed by atoms with Gasteiger partial charge in [0.1, 0.15) is 6.67 Å². The fourth-order valence-corrected chi connectivity index (χ4v) is 3.92. The summed E-state index contributed by atoms with van der Waals surface area (Å²) in [5.74, 6) is 0. The minimum atomic E-state index is 0.408. The normalized spacial score (nSPS) is 10.6. The lowest BCUT2D eigenvalue weighted by atomic mass is 10.2. The van der Waals surface area contributed by atoms with Gasteiger partial charge in [0.25, 0.3) is 0 Å². The Labute approximate surface area is 223 Å². The fourth-order valence-electron chi connectivity index (χ4n) is 3.09. The van der Waals surface area contributed by atoms with Gasteiger partial charge in [0.05, 0.1) is 36.2 Å². The molecule has 0 bridgehead atoms. The molecule has 0 radical (unpaired) electrons. The molecule has 0 unspecified atom stereocenters. The van der Waals surface area contributed by atoms with Crippen LogP contribution in [0.15, 0.2) is 61.2 Å². The predicted molar refractivity (Wildman–Crippen MR) is 152 cm³/mol. The number of aromatic nitrogens is 4. The summed E-state index contributed by atoms with van der Waals surface area (Å²) in [7, 11) is 0. The minimum Gasteiger partial charge on any atom is -0.332 e. The van der Waals surface area contributed by atoms with Crippen LogP contribution in [0.5, 0.6) is 0 Å². The van der Waals surface area contributed by atoms with Crippen LogP contribution in [-0.2, 0) is 6.67 Å². The highest BCUT2D eigenvalue weighted by Gasteiger charge is 2.07. The topological polar surface area (TPSA) is 83.8 Å². The first-order chi connectivity index (χ1) is 16.7. The molecule has 0 aliphatic carbocycles. The van der Waals surface area contributed by atoms with E-state index in [0.717, 1.165) is 33.9 Å². The van der Waals surface area contributed by atoms with Crippen molar-refractivity contribution in [3.05, 3.63) is 82.4 Å². The Balaban J connectivity index is 1.29. The molecule has 35 heavy (non-hydrogen) atoms. The zero-order chi connectivity index (χ0) is 24.9. The van der Waals surface area contributed by atoms with E-state index in [0.29, 0.717) is 26.9 Å².